The van der Waals surface area contributed by atoms with Crippen molar-refractivity contribution < 1.29 is 9.47 Å². The second kappa shape index (κ2) is 4.86. The Kier molecular flexibility index (Phi) is 3.64. The van der Waals surface area contributed by atoms with Gasteiger partial charge in [0.2, 0.25) is 0 Å². The maximum atomic E-state index is 5.88. The summed E-state index contributed by atoms with van der Waals surface area (Å²) >= 11 is 3.52. The van der Waals surface area contributed by atoms with Crippen LogP contribution in [0.3, 0.4) is 0 Å². The highest BCUT2D eigenvalue weighted by Gasteiger charge is 2.45. The topological polar surface area (TPSA) is 44.5 Å². The maximum absolute atomic E-state index is 5.88. The molecule has 1 saturated carbocycles. The number of hydrogen-bond acceptors (Lipinski definition) is 3. The number of hydrogen-bond donors (Lipinski definition) is 1. The fourth-order valence-electron chi connectivity index (χ4n) is 2.11. The van der Waals surface area contributed by atoms with Crippen molar-refractivity contribution >= 4 is 15.9 Å². The van der Waals surface area contributed by atoms with Crippen LogP contribution in [-0.4, -0.2) is 20.3 Å². The van der Waals surface area contributed by atoms with Crippen LogP contribution < -0.4 is 15.2 Å². The highest BCUT2D eigenvalue weighted by atomic mass is 79.9. The third kappa shape index (κ3) is 2.29. The molecule has 0 bridgehead atoms. The minimum atomic E-state index is 0.124. The standard InChI is InChI=1S/C13H18BrNO2/c1-3-17-11-7-12(16-2)10(14)6-9(11)13(8-15)4-5-13/h6-7H,3-5,8,15H2,1-2H3. The second-order valence-corrected chi connectivity index (χ2v) is 5.25. The van der Waals surface area contributed by atoms with Crippen molar-refractivity contribution in [1.82, 2.24) is 0 Å². The van der Waals surface area contributed by atoms with Gasteiger partial charge in [0, 0.05) is 23.6 Å². The van der Waals surface area contributed by atoms with Gasteiger partial charge in [-0.1, -0.05) is 0 Å². The number of rotatable bonds is 5. The van der Waals surface area contributed by atoms with E-state index in [9.17, 15) is 0 Å². The fourth-order valence-corrected chi connectivity index (χ4v) is 2.62. The Morgan fingerprint density at radius 2 is 2.06 bits per heavy atom. The summed E-state index contributed by atoms with van der Waals surface area (Å²) in [6, 6.07) is 4.03. The zero-order chi connectivity index (χ0) is 12.5. The Morgan fingerprint density at radius 1 is 1.35 bits per heavy atom. The molecule has 0 spiro atoms. The van der Waals surface area contributed by atoms with Crippen LogP contribution in [0.25, 0.3) is 0 Å². The van der Waals surface area contributed by atoms with Crippen molar-refractivity contribution in [3.8, 4) is 11.5 Å². The summed E-state index contributed by atoms with van der Waals surface area (Å²) in [5.41, 5.74) is 7.21. The number of ether oxygens (including phenoxy) is 2. The molecule has 1 aromatic rings. The Morgan fingerprint density at radius 3 is 2.53 bits per heavy atom. The molecule has 0 atom stereocenters. The molecule has 3 nitrogen and oxygen atoms in total. The molecule has 0 heterocycles. The summed E-state index contributed by atoms with van der Waals surface area (Å²) in [6.07, 6.45) is 2.28. The number of halogens is 1. The zero-order valence-electron chi connectivity index (χ0n) is 10.3. The molecule has 1 aromatic carbocycles. The Balaban J connectivity index is 2.46. The number of benzene rings is 1. The molecule has 1 aliphatic rings. The molecule has 17 heavy (non-hydrogen) atoms. The lowest BCUT2D eigenvalue weighted by molar-refractivity contribution is 0.329. The van der Waals surface area contributed by atoms with Crippen molar-refractivity contribution in [3.63, 3.8) is 0 Å². The van der Waals surface area contributed by atoms with Gasteiger partial charge in [0.1, 0.15) is 11.5 Å². The first-order valence-corrected chi connectivity index (χ1v) is 6.67. The van der Waals surface area contributed by atoms with Gasteiger partial charge in [0.15, 0.2) is 0 Å². The van der Waals surface area contributed by atoms with E-state index in [1.165, 1.54) is 5.56 Å². The van der Waals surface area contributed by atoms with E-state index in [0.29, 0.717) is 13.2 Å². The first-order valence-electron chi connectivity index (χ1n) is 5.87. The van der Waals surface area contributed by atoms with E-state index in [1.54, 1.807) is 7.11 Å². The molecule has 0 aliphatic heterocycles. The maximum Gasteiger partial charge on any atom is 0.136 e. The molecule has 2 rings (SSSR count). The number of nitrogens with two attached hydrogens (primary N) is 1. The fraction of sp³-hybridized carbons (Fsp3) is 0.538. The average Bonchev–Trinajstić information content (AvgIpc) is 3.12. The molecular weight excluding hydrogens is 282 g/mol. The van der Waals surface area contributed by atoms with Gasteiger partial charge in [-0.05, 0) is 41.8 Å². The molecule has 0 saturated heterocycles. The van der Waals surface area contributed by atoms with E-state index in [2.05, 4.69) is 22.0 Å². The van der Waals surface area contributed by atoms with E-state index < -0.39 is 0 Å². The predicted molar refractivity (Wildman–Crippen MR) is 71.8 cm³/mol. The average molecular weight is 300 g/mol. The summed E-state index contributed by atoms with van der Waals surface area (Å²) in [5.74, 6) is 1.69. The highest BCUT2D eigenvalue weighted by Crippen LogP contribution is 2.52. The number of methoxy groups -OCH3 is 1. The summed E-state index contributed by atoms with van der Waals surface area (Å²) in [6.45, 7) is 3.31. The minimum Gasteiger partial charge on any atom is -0.495 e. The molecule has 94 valence electrons. The van der Waals surface area contributed by atoms with E-state index in [1.807, 2.05) is 13.0 Å². The normalized spacial score (nSPS) is 16.7. The summed E-state index contributed by atoms with van der Waals surface area (Å²) < 4.78 is 12.0. The predicted octanol–water partition coefficient (Wildman–Crippen LogP) is 2.85. The molecule has 0 aromatic heterocycles. The summed E-state index contributed by atoms with van der Waals surface area (Å²) in [5, 5.41) is 0. The van der Waals surface area contributed by atoms with Crippen molar-refractivity contribution in [2.45, 2.75) is 25.2 Å². The third-order valence-corrected chi connectivity index (χ3v) is 3.99. The third-order valence-electron chi connectivity index (χ3n) is 3.37. The van der Waals surface area contributed by atoms with Crippen molar-refractivity contribution in [2.75, 3.05) is 20.3 Å². The van der Waals surface area contributed by atoms with Gasteiger partial charge in [-0.15, -0.1) is 0 Å². The molecule has 0 amide bonds. The van der Waals surface area contributed by atoms with Crippen LogP contribution in [-0.2, 0) is 5.41 Å². The zero-order valence-corrected chi connectivity index (χ0v) is 11.8. The molecular formula is C13H18BrNO2. The largest absolute Gasteiger partial charge is 0.495 e. The van der Waals surface area contributed by atoms with Crippen molar-refractivity contribution in [1.29, 1.82) is 0 Å². The van der Waals surface area contributed by atoms with Gasteiger partial charge >= 0.3 is 0 Å². The van der Waals surface area contributed by atoms with Gasteiger partial charge in [0.25, 0.3) is 0 Å². The van der Waals surface area contributed by atoms with E-state index >= 15 is 0 Å². The Bertz CT molecular complexity index is 416. The molecule has 1 fully saturated rings. The quantitative estimate of drug-likeness (QED) is 0.909. The van der Waals surface area contributed by atoms with E-state index in [0.717, 1.165) is 28.8 Å². The van der Waals surface area contributed by atoms with Crippen LogP contribution in [0.4, 0.5) is 0 Å². The van der Waals surface area contributed by atoms with Gasteiger partial charge < -0.3 is 15.2 Å². The van der Waals surface area contributed by atoms with Crippen LogP contribution >= 0.6 is 15.9 Å². The van der Waals surface area contributed by atoms with Crippen LogP contribution in [0.5, 0.6) is 11.5 Å². The van der Waals surface area contributed by atoms with Crippen molar-refractivity contribution in [3.05, 3.63) is 22.2 Å². The minimum absolute atomic E-state index is 0.124. The second-order valence-electron chi connectivity index (χ2n) is 4.40. The first kappa shape index (κ1) is 12.7. The summed E-state index contributed by atoms with van der Waals surface area (Å²) in [7, 11) is 1.66. The van der Waals surface area contributed by atoms with Crippen LogP contribution in [0.1, 0.15) is 25.3 Å². The van der Waals surface area contributed by atoms with Crippen molar-refractivity contribution in [2.24, 2.45) is 5.73 Å². The van der Waals surface area contributed by atoms with Gasteiger partial charge in [-0.2, -0.15) is 0 Å². The lowest BCUT2D eigenvalue weighted by atomic mass is 9.95. The van der Waals surface area contributed by atoms with Crippen LogP contribution in [0.2, 0.25) is 0 Å². The first-order chi connectivity index (χ1) is 8.16. The van der Waals surface area contributed by atoms with E-state index in [-0.39, 0.29) is 5.41 Å². The lowest BCUT2D eigenvalue weighted by Gasteiger charge is -2.19. The summed E-state index contributed by atoms with van der Waals surface area (Å²) in [4.78, 5) is 0. The Hall–Kier alpha value is -0.740. The lowest BCUT2D eigenvalue weighted by Crippen LogP contribution is -2.20. The van der Waals surface area contributed by atoms with Gasteiger partial charge in [-0.25, -0.2) is 0 Å². The monoisotopic (exact) mass is 299 g/mol. The Labute approximate surface area is 110 Å². The molecule has 0 radical (unpaired) electrons. The highest BCUT2D eigenvalue weighted by molar-refractivity contribution is 9.10. The van der Waals surface area contributed by atoms with Crippen LogP contribution in [0.15, 0.2) is 16.6 Å². The molecule has 0 unspecified atom stereocenters. The smallest absolute Gasteiger partial charge is 0.136 e. The van der Waals surface area contributed by atoms with E-state index in [4.69, 9.17) is 15.2 Å². The molecule has 2 N–H and O–H groups in total. The van der Waals surface area contributed by atoms with Crippen LogP contribution in [0, 0.1) is 0 Å². The van der Waals surface area contributed by atoms with Gasteiger partial charge in [-0.3, -0.25) is 0 Å². The molecule has 4 heteroatoms. The molecule has 1 aliphatic carbocycles. The van der Waals surface area contributed by atoms with Gasteiger partial charge in [0.05, 0.1) is 18.2 Å². The SMILES string of the molecule is CCOc1cc(OC)c(Br)cc1C1(CN)CC1.